The molecule has 3 nitrogen and oxygen atoms in total. The van der Waals surface area contributed by atoms with Gasteiger partial charge in [-0.15, -0.1) is 0 Å². The summed E-state index contributed by atoms with van der Waals surface area (Å²) in [6.45, 7) is 4.82. The molecule has 1 rings (SSSR count). The predicted molar refractivity (Wildman–Crippen MR) is 73.9 cm³/mol. The van der Waals surface area contributed by atoms with E-state index in [9.17, 15) is 0 Å². The minimum atomic E-state index is 0.570. The van der Waals surface area contributed by atoms with Gasteiger partial charge in [-0.1, -0.05) is 29.3 Å². The molecular formula is C13H20BrNO2. The number of unbranched alkanes of at least 4 members (excludes halogenated alkanes) is 1. The van der Waals surface area contributed by atoms with E-state index in [1.807, 2.05) is 18.2 Å². The fourth-order valence-electron chi connectivity index (χ4n) is 1.42. The minimum Gasteiger partial charge on any atom is -0.399 e. The topological polar surface area (TPSA) is 44.5 Å². The number of halogens is 1. The fraction of sp³-hybridized carbons (Fsp3) is 0.538. The summed E-state index contributed by atoms with van der Waals surface area (Å²) in [6, 6.07) is 5.80. The molecule has 96 valence electrons. The molecule has 0 saturated carbocycles. The van der Waals surface area contributed by atoms with Crippen molar-refractivity contribution in [3.05, 3.63) is 28.2 Å². The van der Waals surface area contributed by atoms with Crippen molar-refractivity contribution in [3.8, 4) is 0 Å². The van der Waals surface area contributed by atoms with Crippen molar-refractivity contribution in [1.29, 1.82) is 0 Å². The Balaban J connectivity index is 2.13. The van der Waals surface area contributed by atoms with Crippen molar-refractivity contribution in [2.24, 2.45) is 0 Å². The highest BCUT2D eigenvalue weighted by Gasteiger charge is 1.97. The second-order valence-corrected chi connectivity index (χ2v) is 4.83. The van der Waals surface area contributed by atoms with Crippen LogP contribution >= 0.6 is 15.9 Å². The maximum atomic E-state index is 5.73. The summed E-state index contributed by atoms with van der Waals surface area (Å²) in [5.41, 5.74) is 7.56. The molecule has 0 spiro atoms. The largest absolute Gasteiger partial charge is 0.399 e. The first-order chi connectivity index (χ1) is 8.22. The van der Waals surface area contributed by atoms with E-state index >= 15 is 0 Å². The summed E-state index contributed by atoms with van der Waals surface area (Å²) in [6.07, 6.45) is 2.28. The summed E-state index contributed by atoms with van der Waals surface area (Å²) < 4.78 is 11.9. The number of benzene rings is 1. The van der Waals surface area contributed by atoms with Crippen molar-refractivity contribution in [3.63, 3.8) is 0 Å². The molecule has 1 aromatic rings. The third-order valence-electron chi connectivity index (χ3n) is 2.26. The number of ether oxygens (including phenoxy) is 2. The zero-order valence-electron chi connectivity index (χ0n) is 10.2. The zero-order valence-corrected chi connectivity index (χ0v) is 11.8. The quantitative estimate of drug-likeness (QED) is 0.591. The van der Waals surface area contributed by atoms with Gasteiger partial charge >= 0.3 is 0 Å². The smallest absolute Gasteiger partial charge is 0.0719 e. The molecule has 1 aromatic carbocycles. The Hall–Kier alpha value is -0.580. The highest BCUT2D eigenvalue weighted by Crippen LogP contribution is 2.17. The molecule has 0 bridgehead atoms. The van der Waals surface area contributed by atoms with E-state index in [0.29, 0.717) is 19.8 Å². The molecule has 0 aliphatic heterocycles. The summed E-state index contributed by atoms with van der Waals surface area (Å²) in [4.78, 5) is 0. The monoisotopic (exact) mass is 301 g/mol. The van der Waals surface area contributed by atoms with E-state index in [1.54, 1.807) is 0 Å². The van der Waals surface area contributed by atoms with Crippen LogP contribution in [0.15, 0.2) is 22.7 Å². The molecule has 0 unspecified atom stereocenters. The number of hydrogen-bond acceptors (Lipinski definition) is 3. The Morgan fingerprint density at radius 1 is 1.12 bits per heavy atom. The number of rotatable bonds is 8. The summed E-state index contributed by atoms with van der Waals surface area (Å²) in [5.74, 6) is 0. The Morgan fingerprint density at radius 3 is 2.59 bits per heavy atom. The van der Waals surface area contributed by atoms with Gasteiger partial charge in [-0.3, -0.25) is 0 Å². The summed E-state index contributed by atoms with van der Waals surface area (Å²) in [7, 11) is 0. The van der Waals surface area contributed by atoms with Gasteiger partial charge in [-0.05, 0) is 30.2 Å². The molecule has 4 heteroatoms. The highest BCUT2D eigenvalue weighted by atomic mass is 79.9. The van der Waals surface area contributed by atoms with Crippen LogP contribution in [-0.2, 0) is 16.1 Å². The van der Waals surface area contributed by atoms with Crippen LogP contribution in [0.3, 0.4) is 0 Å². The fourth-order valence-corrected chi connectivity index (χ4v) is 1.97. The van der Waals surface area contributed by atoms with Crippen LogP contribution in [-0.4, -0.2) is 19.8 Å². The van der Waals surface area contributed by atoms with Crippen LogP contribution in [0.2, 0.25) is 0 Å². The Bertz CT molecular complexity index is 311. The first-order valence-electron chi connectivity index (χ1n) is 5.93. The Labute approximate surface area is 111 Å². The lowest BCUT2D eigenvalue weighted by molar-refractivity contribution is 0.0397. The molecule has 0 fully saturated rings. The van der Waals surface area contributed by atoms with Crippen molar-refractivity contribution in [2.45, 2.75) is 26.4 Å². The van der Waals surface area contributed by atoms with Gasteiger partial charge in [0.2, 0.25) is 0 Å². The molecule has 0 radical (unpaired) electrons. The highest BCUT2D eigenvalue weighted by molar-refractivity contribution is 9.10. The molecule has 0 saturated heterocycles. The van der Waals surface area contributed by atoms with Gasteiger partial charge in [0, 0.05) is 16.8 Å². The van der Waals surface area contributed by atoms with Crippen LogP contribution in [0.25, 0.3) is 0 Å². The second-order valence-electron chi connectivity index (χ2n) is 3.91. The third kappa shape index (κ3) is 6.66. The first-order valence-corrected chi connectivity index (χ1v) is 6.72. The maximum absolute atomic E-state index is 5.73. The molecule has 17 heavy (non-hydrogen) atoms. The molecule has 0 amide bonds. The average Bonchev–Trinajstić information content (AvgIpc) is 2.26. The molecule has 0 aromatic heterocycles. The lowest BCUT2D eigenvalue weighted by Crippen LogP contribution is -2.05. The van der Waals surface area contributed by atoms with E-state index in [0.717, 1.165) is 35.2 Å². The number of nitrogen functional groups attached to an aromatic ring is 1. The van der Waals surface area contributed by atoms with E-state index in [2.05, 4.69) is 22.9 Å². The third-order valence-corrected chi connectivity index (χ3v) is 2.72. The average molecular weight is 302 g/mol. The van der Waals surface area contributed by atoms with Gasteiger partial charge in [0.05, 0.1) is 19.8 Å². The van der Waals surface area contributed by atoms with Crippen LogP contribution in [0.5, 0.6) is 0 Å². The predicted octanol–water partition coefficient (Wildman–Crippen LogP) is 3.36. The van der Waals surface area contributed by atoms with E-state index in [-0.39, 0.29) is 0 Å². The molecular weight excluding hydrogens is 282 g/mol. The lowest BCUT2D eigenvalue weighted by atomic mass is 10.2. The van der Waals surface area contributed by atoms with Gasteiger partial charge in [0.25, 0.3) is 0 Å². The normalized spacial score (nSPS) is 10.7. The summed E-state index contributed by atoms with van der Waals surface area (Å²) >= 11 is 3.40. The zero-order chi connectivity index (χ0) is 12.5. The van der Waals surface area contributed by atoms with Crippen molar-refractivity contribution >= 4 is 21.6 Å². The second kappa shape index (κ2) is 8.50. The standard InChI is InChI=1S/C13H20BrNO2/c1-2-3-4-16-5-6-17-10-11-7-12(14)9-13(15)8-11/h7-9H,2-6,10,15H2,1H3. The molecule has 0 aliphatic carbocycles. The minimum absolute atomic E-state index is 0.570. The van der Waals surface area contributed by atoms with Gasteiger partial charge < -0.3 is 15.2 Å². The Morgan fingerprint density at radius 2 is 1.88 bits per heavy atom. The Kier molecular flexibility index (Phi) is 7.24. The van der Waals surface area contributed by atoms with Crippen LogP contribution < -0.4 is 5.73 Å². The van der Waals surface area contributed by atoms with Crippen LogP contribution in [0.1, 0.15) is 25.3 Å². The molecule has 0 aliphatic rings. The van der Waals surface area contributed by atoms with Crippen molar-refractivity contribution < 1.29 is 9.47 Å². The van der Waals surface area contributed by atoms with Gasteiger partial charge in [0.1, 0.15) is 0 Å². The van der Waals surface area contributed by atoms with Gasteiger partial charge in [0.15, 0.2) is 0 Å². The number of anilines is 1. The lowest BCUT2D eigenvalue weighted by Gasteiger charge is -2.06. The SMILES string of the molecule is CCCCOCCOCc1cc(N)cc(Br)c1. The first kappa shape index (κ1) is 14.5. The molecule has 0 heterocycles. The number of nitrogens with two attached hydrogens (primary N) is 1. The van der Waals surface area contributed by atoms with Crippen LogP contribution in [0.4, 0.5) is 5.69 Å². The van der Waals surface area contributed by atoms with Crippen LogP contribution in [0, 0.1) is 0 Å². The number of hydrogen-bond donors (Lipinski definition) is 1. The van der Waals surface area contributed by atoms with Gasteiger partial charge in [-0.2, -0.15) is 0 Å². The van der Waals surface area contributed by atoms with E-state index < -0.39 is 0 Å². The van der Waals surface area contributed by atoms with Crippen molar-refractivity contribution in [1.82, 2.24) is 0 Å². The molecule has 2 N–H and O–H groups in total. The van der Waals surface area contributed by atoms with Crippen molar-refractivity contribution in [2.75, 3.05) is 25.6 Å². The molecule has 0 atom stereocenters. The van der Waals surface area contributed by atoms with E-state index in [4.69, 9.17) is 15.2 Å². The van der Waals surface area contributed by atoms with E-state index in [1.165, 1.54) is 0 Å². The van der Waals surface area contributed by atoms with Gasteiger partial charge in [-0.25, -0.2) is 0 Å². The summed E-state index contributed by atoms with van der Waals surface area (Å²) in [5, 5.41) is 0. The maximum Gasteiger partial charge on any atom is 0.0719 e.